The molecule has 5 heteroatoms. The summed E-state index contributed by atoms with van der Waals surface area (Å²) in [4.78, 5) is 0. The summed E-state index contributed by atoms with van der Waals surface area (Å²) in [5, 5.41) is 29.5. The average Bonchev–Trinajstić information content (AvgIpc) is 2.21. The number of rotatable bonds is 4. The molecular weight excluding hydrogens is 283 g/mol. The Morgan fingerprint density at radius 3 is 2.60 bits per heavy atom. The van der Waals surface area contributed by atoms with Gasteiger partial charge in [-0.05, 0) is 24.6 Å². The smallest absolute Gasteiger partial charge is 0.116 e. The fraction of sp³-hybridized carbons (Fsp3) is 0.400. The molecule has 2 atom stereocenters. The van der Waals surface area contributed by atoms with Crippen LogP contribution in [0.25, 0.3) is 0 Å². The quantitative estimate of drug-likeness (QED) is 0.747. The molecule has 3 nitrogen and oxygen atoms in total. The van der Waals surface area contributed by atoms with Gasteiger partial charge in [0.15, 0.2) is 0 Å². The van der Waals surface area contributed by atoms with Crippen molar-refractivity contribution >= 4 is 27.5 Å². The number of phenolic OH excluding ortho intramolecular Hbond substituents is 1. The topological polar surface area (TPSA) is 60.7 Å². The van der Waals surface area contributed by atoms with Gasteiger partial charge in [0.05, 0.1) is 6.10 Å². The molecule has 0 aliphatic carbocycles. The number of halogens is 2. The fourth-order valence-corrected chi connectivity index (χ4v) is 1.93. The van der Waals surface area contributed by atoms with Crippen molar-refractivity contribution in [3.8, 4) is 5.75 Å². The van der Waals surface area contributed by atoms with Crippen LogP contribution in [-0.4, -0.2) is 26.8 Å². The van der Waals surface area contributed by atoms with Gasteiger partial charge in [0.2, 0.25) is 0 Å². The van der Waals surface area contributed by atoms with Gasteiger partial charge in [0, 0.05) is 15.9 Å². The van der Waals surface area contributed by atoms with E-state index in [0.717, 1.165) is 0 Å². The first-order valence-electron chi connectivity index (χ1n) is 4.46. The number of aromatic hydroxyl groups is 1. The van der Waals surface area contributed by atoms with E-state index in [4.69, 9.17) is 11.6 Å². The summed E-state index contributed by atoms with van der Waals surface area (Å²) in [6, 6.07) is 4.26. The molecule has 0 heterocycles. The molecule has 0 aliphatic rings. The molecule has 84 valence electrons. The van der Waals surface area contributed by atoms with E-state index in [2.05, 4.69) is 15.9 Å². The number of hydrogen-bond acceptors (Lipinski definition) is 3. The molecule has 3 N–H and O–H groups in total. The Bertz CT molecular complexity index is 332. The lowest BCUT2D eigenvalue weighted by Crippen LogP contribution is -2.18. The maximum absolute atomic E-state index is 9.76. The van der Waals surface area contributed by atoms with E-state index in [-0.39, 0.29) is 5.75 Å². The van der Waals surface area contributed by atoms with Crippen LogP contribution in [0.2, 0.25) is 5.02 Å². The van der Waals surface area contributed by atoms with Crippen molar-refractivity contribution in [2.24, 2.45) is 0 Å². The third-order valence-electron chi connectivity index (χ3n) is 2.07. The molecule has 1 aromatic rings. The van der Waals surface area contributed by atoms with Crippen LogP contribution in [0.5, 0.6) is 5.75 Å². The third kappa shape index (κ3) is 3.34. The highest BCUT2D eigenvalue weighted by atomic mass is 79.9. The highest BCUT2D eigenvalue weighted by Gasteiger charge is 2.20. The molecule has 0 fully saturated rings. The molecule has 1 rings (SSSR count). The molecular formula is C10H12BrClO3. The lowest BCUT2D eigenvalue weighted by Gasteiger charge is -2.18. The summed E-state index contributed by atoms with van der Waals surface area (Å²) < 4.78 is 0. The van der Waals surface area contributed by atoms with E-state index in [1.54, 1.807) is 0 Å². The molecule has 0 saturated heterocycles. The van der Waals surface area contributed by atoms with Gasteiger partial charge in [0.1, 0.15) is 11.9 Å². The number of benzene rings is 1. The van der Waals surface area contributed by atoms with Gasteiger partial charge in [-0.3, -0.25) is 0 Å². The minimum Gasteiger partial charge on any atom is -0.508 e. The van der Waals surface area contributed by atoms with Crippen molar-refractivity contribution in [3.05, 3.63) is 28.8 Å². The first kappa shape index (κ1) is 12.8. The Hall–Kier alpha value is -0.290. The SMILES string of the molecule is Oc1ccc(Cl)c(C(O)C(O)CCBr)c1. The molecule has 0 aromatic heterocycles. The normalized spacial score (nSPS) is 14.9. The first-order valence-corrected chi connectivity index (χ1v) is 5.96. The molecule has 0 saturated carbocycles. The van der Waals surface area contributed by atoms with Gasteiger partial charge in [-0.1, -0.05) is 27.5 Å². The van der Waals surface area contributed by atoms with E-state index in [1.807, 2.05) is 0 Å². The Balaban J connectivity index is 2.89. The Kier molecular flexibility index (Phi) is 4.86. The van der Waals surface area contributed by atoms with Crippen molar-refractivity contribution in [1.29, 1.82) is 0 Å². The van der Waals surface area contributed by atoms with Crippen LogP contribution in [-0.2, 0) is 0 Å². The predicted octanol–water partition coefficient (Wildman–Crippen LogP) is 2.22. The minimum absolute atomic E-state index is 0.0134. The van der Waals surface area contributed by atoms with Crippen LogP contribution in [0.3, 0.4) is 0 Å². The highest BCUT2D eigenvalue weighted by molar-refractivity contribution is 9.09. The number of aliphatic hydroxyl groups excluding tert-OH is 2. The molecule has 1 aromatic carbocycles. The summed E-state index contributed by atoms with van der Waals surface area (Å²) in [6.07, 6.45) is -1.57. The monoisotopic (exact) mass is 294 g/mol. The van der Waals surface area contributed by atoms with Crippen LogP contribution in [0.1, 0.15) is 18.1 Å². The second-order valence-corrected chi connectivity index (χ2v) is 4.40. The van der Waals surface area contributed by atoms with Gasteiger partial charge in [-0.15, -0.1) is 0 Å². The van der Waals surface area contributed by atoms with E-state index in [0.29, 0.717) is 22.3 Å². The molecule has 2 unspecified atom stereocenters. The number of aliphatic hydroxyl groups is 2. The summed E-state index contributed by atoms with van der Waals surface area (Å²) in [7, 11) is 0. The number of hydrogen-bond donors (Lipinski definition) is 3. The Labute approximate surface area is 101 Å². The molecule has 0 spiro atoms. The van der Waals surface area contributed by atoms with E-state index < -0.39 is 12.2 Å². The maximum atomic E-state index is 9.76. The summed E-state index contributed by atoms with van der Waals surface area (Å²) in [6.45, 7) is 0. The van der Waals surface area contributed by atoms with Crippen LogP contribution >= 0.6 is 27.5 Å². The molecule has 0 aliphatic heterocycles. The largest absolute Gasteiger partial charge is 0.508 e. The lowest BCUT2D eigenvalue weighted by molar-refractivity contribution is 0.0173. The van der Waals surface area contributed by atoms with Gasteiger partial charge in [-0.25, -0.2) is 0 Å². The molecule has 0 bridgehead atoms. The predicted molar refractivity (Wildman–Crippen MR) is 62.5 cm³/mol. The van der Waals surface area contributed by atoms with Crippen molar-refractivity contribution in [1.82, 2.24) is 0 Å². The zero-order chi connectivity index (χ0) is 11.4. The minimum atomic E-state index is -1.08. The van der Waals surface area contributed by atoms with E-state index in [9.17, 15) is 15.3 Å². The second kappa shape index (κ2) is 5.70. The van der Waals surface area contributed by atoms with Crippen molar-refractivity contribution in [2.75, 3.05) is 5.33 Å². The first-order chi connectivity index (χ1) is 7.06. The Morgan fingerprint density at radius 2 is 2.00 bits per heavy atom. The highest BCUT2D eigenvalue weighted by Crippen LogP contribution is 2.29. The zero-order valence-electron chi connectivity index (χ0n) is 7.90. The summed E-state index contributed by atoms with van der Waals surface area (Å²) in [5.41, 5.74) is 0.338. The van der Waals surface area contributed by atoms with Crippen molar-refractivity contribution in [2.45, 2.75) is 18.6 Å². The fourth-order valence-electron chi connectivity index (χ4n) is 1.23. The number of alkyl halides is 1. The van der Waals surface area contributed by atoms with Crippen LogP contribution in [0.15, 0.2) is 18.2 Å². The lowest BCUT2D eigenvalue weighted by atomic mass is 10.0. The average molecular weight is 296 g/mol. The standard InChI is InChI=1S/C10H12BrClO3/c11-4-3-9(14)10(15)7-5-6(13)1-2-8(7)12/h1-2,5,9-10,13-15H,3-4H2. The van der Waals surface area contributed by atoms with Crippen LogP contribution in [0.4, 0.5) is 0 Å². The van der Waals surface area contributed by atoms with E-state index in [1.165, 1.54) is 18.2 Å². The maximum Gasteiger partial charge on any atom is 0.116 e. The summed E-state index contributed by atoms with van der Waals surface area (Å²) >= 11 is 9.01. The van der Waals surface area contributed by atoms with Gasteiger partial charge < -0.3 is 15.3 Å². The second-order valence-electron chi connectivity index (χ2n) is 3.20. The third-order valence-corrected chi connectivity index (χ3v) is 2.87. The van der Waals surface area contributed by atoms with Gasteiger partial charge in [-0.2, -0.15) is 0 Å². The molecule has 0 amide bonds. The van der Waals surface area contributed by atoms with Crippen LogP contribution in [0, 0.1) is 0 Å². The van der Waals surface area contributed by atoms with Gasteiger partial charge in [0.25, 0.3) is 0 Å². The van der Waals surface area contributed by atoms with Crippen LogP contribution < -0.4 is 0 Å². The van der Waals surface area contributed by atoms with Gasteiger partial charge >= 0.3 is 0 Å². The summed E-state index contributed by atoms with van der Waals surface area (Å²) in [5.74, 6) is 0.0134. The zero-order valence-corrected chi connectivity index (χ0v) is 10.2. The molecule has 0 radical (unpaired) electrons. The van der Waals surface area contributed by atoms with Crippen molar-refractivity contribution in [3.63, 3.8) is 0 Å². The van der Waals surface area contributed by atoms with Crippen molar-refractivity contribution < 1.29 is 15.3 Å². The number of phenols is 1. The Morgan fingerprint density at radius 1 is 1.33 bits per heavy atom. The molecule has 15 heavy (non-hydrogen) atoms. The van der Waals surface area contributed by atoms with E-state index >= 15 is 0 Å².